The number of hydrogen-bond acceptors (Lipinski definition) is 4. The second-order valence-corrected chi connectivity index (χ2v) is 10.9. The Balaban J connectivity index is 1.28. The van der Waals surface area contributed by atoms with Gasteiger partial charge in [0.15, 0.2) is 5.65 Å². The third kappa shape index (κ3) is 5.80. The normalized spacial score (nSPS) is 19.8. The molecular weight excluding hydrogens is 528 g/mol. The van der Waals surface area contributed by atoms with Gasteiger partial charge < -0.3 is 15.5 Å². The smallest absolute Gasteiger partial charge is 0.321 e. The van der Waals surface area contributed by atoms with Crippen LogP contribution < -0.4 is 10.6 Å². The number of carbonyl (C=O) groups excluding carboxylic acids is 1. The van der Waals surface area contributed by atoms with Crippen molar-refractivity contribution in [1.29, 1.82) is 0 Å². The first-order valence-electron chi connectivity index (χ1n) is 12.9. The van der Waals surface area contributed by atoms with Crippen LogP contribution in [-0.4, -0.2) is 45.2 Å². The van der Waals surface area contributed by atoms with E-state index in [4.69, 9.17) is 4.98 Å². The summed E-state index contributed by atoms with van der Waals surface area (Å²) in [6.07, 6.45) is 12.1. The van der Waals surface area contributed by atoms with Gasteiger partial charge in [0.25, 0.3) is 0 Å². The number of halogens is 1. The Hall–Kier alpha value is -3.39. The lowest BCUT2D eigenvalue weighted by molar-refractivity contribution is 0.171. The number of aryl methyl sites for hydroxylation is 1. The summed E-state index contributed by atoms with van der Waals surface area (Å²) < 4.78 is 2.69. The van der Waals surface area contributed by atoms with E-state index >= 15 is 0 Å². The summed E-state index contributed by atoms with van der Waals surface area (Å²) in [7, 11) is 0. The molecule has 0 bridgehead atoms. The largest absolute Gasteiger partial charge is 0.370 e. The number of urea groups is 1. The van der Waals surface area contributed by atoms with Crippen molar-refractivity contribution < 1.29 is 4.79 Å². The van der Waals surface area contributed by atoms with E-state index in [1.54, 1.807) is 6.20 Å². The molecule has 0 saturated carbocycles. The lowest BCUT2D eigenvalue weighted by atomic mass is 9.98. The number of benzene rings is 1. The monoisotopic (exact) mass is 560 g/mol. The van der Waals surface area contributed by atoms with Gasteiger partial charge in [-0.05, 0) is 66.1 Å². The zero-order valence-electron chi connectivity index (χ0n) is 21.5. The van der Waals surface area contributed by atoms with Crippen molar-refractivity contribution in [2.24, 2.45) is 11.8 Å². The minimum atomic E-state index is -0.0310. The van der Waals surface area contributed by atoms with Gasteiger partial charge in [-0.1, -0.05) is 55.0 Å². The van der Waals surface area contributed by atoms with Gasteiger partial charge >= 0.3 is 6.03 Å². The first-order valence-corrected chi connectivity index (χ1v) is 13.6. The quantitative estimate of drug-likeness (QED) is 0.382. The molecule has 1 fully saturated rings. The molecule has 192 valence electrons. The molecule has 3 aromatic rings. The number of piperidine rings is 1. The Morgan fingerprint density at radius 1 is 1.19 bits per heavy atom. The number of nitrogens with zero attached hydrogens (tertiary/aromatic N) is 4. The maximum absolute atomic E-state index is 13.1. The highest BCUT2D eigenvalue weighted by molar-refractivity contribution is 9.10. The number of nitrogens with one attached hydrogen (secondary N) is 2. The summed E-state index contributed by atoms with van der Waals surface area (Å²) in [4.78, 5) is 19.9. The Morgan fingerprint density at radius 2 is 2.03 bits per heavy atom. The predicted octanol–water partition coefficient (Wildman–Crippen LogP) is 6.34. The summed E-state index contributed by atoms with van der Waals surface area (Å²) in [6, 6.07) is 10.3. The number of likely N-dealkylation sites (tertiary alicyclic amines) is 1. The van der Waals surface area contributed by atoms with E-state index in [-0.39, 0.29) is 11.9 Å². The first-order chi connectivity index (χ1) is 17.9. The fourth-order valence-electron chi connectivity index (χ4n) is 5.09. The second-order valence-electron chi connectivity index (χ2n) is 10.1. The molecule has 2 amide bonds. The average molecular weight is 562 g/mol. The molecule has 1 aliphatic heterocycles. The Morgan fingerprint density at radius 3 is 2.86 bits per heavy atom. The molecule has 0 spiro atoms. The van der Waals surface area contributed by atoms with Crippen molar-refractivity contribution in [2.75, 3.05) is 25.0 Å². The van der Waals surface area contributed by atoms with E-state index in [0.717, 1.165) is 58.8 Å². The van der Waals surface area contributed by atoms with Crippen LogP contribution in [0.5, 0.6) is 0 Å². The molecule has 7 nitrogen and oxygen atoms in total. The van der Waals surface area contributed by atoms with Crippen LogP contribution in [0.4, 0.5) is 10.6 Å². The highest BCUT2D eigenvalue weighted by atomic mass is 79.9. The standard InChI is InChI=1S/C29H33BrN6O/c1-19-10-11-23(14-20(2)13-19)33-29(37)35-12-6-8-22(18-35)16-31-27-15-26(24-9-5-4-7-21(24)3)34-28-25(30)17-32-36(27)28/h4-5,7,9-11,13-15,17,20,22,31H,6,8,12,16,18H2,1-3H3,(H,33,37). The van der Waals surface area contributed by atoms with E-state index in [2.05, 4.69) is 82.8 Å². The Labute approximate surface area is 226 Å². The lowest BCUT2D eigenvalue weighted by Crippen LogP contribution is -2.46. The van der Waals surface area contributed by atoms with E-state index < -0.39 is 0 Å². The van der Waals surface area contributed by atoms with E-state index in [9.17, 15) is 4.79 Å². The SMILES string of the molecule is CC1=CC(C)C=C(NC(=O)N2CCCC(CNc3cc(-c4ccccc4C)nc4c(Br)cnn34)C2)C=C1. The van der Waals surface area contributed by atoms with Crippen molar-refractivity contribution in [2.45, 2.75) is 33.6 Å². The van der Waals surface area contributed by atoms with Crippen LogP contribution in [0.2, 0.25) is 0 Å². The van der Waals surface area contributed by atoms with Crippen LogP contribution in [0.3, 0.4) is 0 Å². The van der Waals surface area contributed by atoms with Gasteiger partial charge in [0.2, 0.25) is 0 Å². The summed E-state index contributed by atoms with van der Waals surface area (Å²) >= 11 is 3.59. The zero-order valence-corrected chi connectivity index (χ0v) is 23.1. The van der Waals surface area contributed by atoms with Crippen molar-refractivity contribution in [3.05, 3.63) is 82.1 Å². The minimum absolute atomic E-state index is 0.0310. The molecule has 5 rings (SSSR count). The van der Waals surface area contributed by atoms with E-state index in [0.29, 0.717) is 12.5 Å². The van der Waals surface area contributed by atoms with Crippen molar-refractivity contribution in [1.82, 2.24) is 24.8 Å². The van der Waals surface area contributed by atoms with Crippen LogP contribution in [0.15, 0.2) is 76.6 Å². The average Bonchev–Trinajstić information content (AvgIpc) is 3.18. The number of rotatable bonds is 5. The maximum atomic E-state index is 13.1. The molecule has 1 saturated heterocycles. The Bertz CT molecular complexity index is 1400. The summed E-state index contributed by atoms with van der Waals surface area (Å²) in [5.41, 5.74) is 6.02. The van der Waals surface area contributed by atoms with Crippen LogP contribution in [0, 0.1) is 18.8 Å². The molecule has 2 N–H and O–H groups in total. The maximum Gasteiger partial charge on any atom is 0.321 e. The number of allylic oxidation sites excluding steroid dienone is 5. The fourth-order valence-corrected chi connectivity index (χ4v) is 5.44. The number of fused-ring (bicyclic) bond motifs is 1. The molecule has 3 heterocycles. The Kier molecular flexibility index (Phi) is 7.46. The zero-order chi connectivity index (χ0) is 25.9. The molecule has 2 unspecified atom stereocenters. The summed E-state index contributed by atoms with van der Waals surface area (Å²) in [6.45, 7) is 8.54. The predicted molar refractivity (Wildman–Crippen MR) is 152 cm³/mol. The number of carbonyl (C=O) groups is 1. The summed E-state index contributed by atoms with van der Waals surface area (Å²) in [5, 5.41) is 11.2. The molecule has 1 aromatic carbocycles. The summed E-state index contributed by atoms with van der Waals surface area (Å²) in [5.74, 6) is 1.51. The van der Waals surface area contributed by atoms with Gasteiger partial charge in [0.1, 0.15) is 5.82 Å². The number of amides is 2. The minimum Gasteiger partial charge on any atom is -0.370 e. The highest BCUT2D eigenvalue weighted by Crippen LogP contribution is 2.28. The molecule has 37 heavy (non-hydrogen) atoms. The molecule has 8 heteroatoms. The van der Waals surface area contributed by atoms with Gasteiger partial charge in [-0.2, -0.15) is 9.61 Å². The van der Waals surface area contributed by atoms with Crippen LogP contribution in [0.1, 0.15) is 32.3 Å². The lowest BCUT2D eigenvalue weighted by Gasteiger charge is -2.33. The van der Waals surface area contributed by atoms with Crippen LogP contribution in [-0.2, 0) is 0 Å². The van der Waals surface area contributed by atoms with Gasteiger partial charge in [0.05, 0.1) is 16.4 Å². The number of anilines is 1. The van der Waals surface area contributed by atoms with Gasteiger partial charge in [-0.3, -0.25) is 0 Å². The molecular formula is C29H33BrN6O. The fraction of sp³-hybridized carbons (Fsp3) is 0.345. The molecule has 1 aliphatic carbocycles. The van der Waals surface area contributed by atoms with Gasteiger partial charge in [-0.25, -0.2) is 9.78 Å². The molecule has 2 aromatic heterocycles. The highest BCUT2D eigenvalue weighted by Gasteiger charge is 2.24. The number of aromatic nitrogens is 3. The van der Waals surface area contributed by atoms with Gasteiger partial charge in [-0.15, -0.1) is 0 Å². The van der Waals surface area contributed by atoms with Crippen molar-refractivity contribution >= 4 is 33.4 Å². The van der Waals surface area contributed by atoms with E-state index in [1.165, 1.54) is 11.1 Å². The topological polar surface area (TPSA) is 74.6 Å². The van der Waals surface area contributed by atoms with E-state index in [1.807, 2.05) is 33.7 Å². The third-order valence-electron chi connectivity index (χ3n) is 6.97. The molecule has 2 atom stereocenters. The molecule has 0 radical (unpaired) electrons. The molecule has 2 aliphatic rings. The second kappa shape index (κ2) is 10.9. The third-order valence-corrected chi connectivity index (χ3v) is 7.53. The number of hydrogen-bond donors (Lipinski definition) is 2. The van der Waals surface area contributed by atoms with Crippen LogP contribution in [0.25, 0.3) is 16.9 Å². The van der Waals surface area contributed by atoms with Crippen molar-refractivity contribution in [3.63, 3.8) is 0 Å². The van der Waals surface area contributed by atoms with Crippen molar-refractivity contribution in [3.8, 4) is 11.3 Å². The first kappa shape index (κ1) is 25.3. The van der Waals surface area contributed by atoms with Gasteiger partial charge in [0, 0.05) is 37.0 Å². The van der Waals surface area contributed by atoms with Crippen LogP contribution >= 0.6 is 15.9 Å².